The molecule has 1 aromatic rings. The van der Waals surface area contributed by atoms with Gasteiger partial charge in [0.1, 0.15) is 0 Å². The van der Waals surface area contributed by atoms with Gasteiger partial charge in [-0.2, -0.15) is 5.10 Å². The first-order chi connectivity index (χ1) is 7.77. The van der Waals surface area contributed by atoms with E-state index in [9.17, 15) is 0 Å². The molecular weight excluding hydrogens is 202 g/mol. The summed E-state index contributed by atoms with van der Waals surface area (Å²) in [6.45, 7) is 6.76. The molecule has 16 heavy (non-hydrogen) atoms. The second-order valence-electron chi connectivity index (χ2n) is 3.86. The standard InChI is InChI=1S/C12H23N3O/c1-4-13-11(7-6-10-16-5-2)12-8-9-15(3)14-12/h8-9,11,13H,4-7,10H2,1-3H3. The number of hydrogen-bond acceptors (Lipinski definition) is 3. The Morgan fingerprint density at radius 3 is 2.88 bits per heavy atom. The van der Waals surface area contributed by atoms with Crippen molar-refractivity contribution in [2.24, 2.45) is 7.05 Å². The first-order valence-corrected chi connectivity index (χ1v) is 6.08. The Morgan fingerprint density at radius 1 is 1.50 bits per heavy atom. The predicted octanol–water partition coefficient (Wildman–Crippen LogP) is 1.89. The maximum absolute atomic E-state index is 5.35. The van der Waals surface area contributed by atoms with E-state index in [0.29, 0.717) is 6.04 Å². The summed E-state index contributed by atoms with van der Waals surface area (Å²) in [6, 6.07) is 2.43. The van der Waals surface area contributed by atoms with Crippen molar-refractivity contribution in [1.82, 2.24) is 15.1 Å². The Kier molecular flexibility index (Phi) is 6.11. The molecular formula is C12H23N3O. The van der Waals surface area contributed by atoms with Gasteiger partial charge in [-0.25, -0.2) is 0 Å². The van der Waals surface area contributed by atoms with Crippen molar-refractivity contribution in [3.63, 3.8) is 0 Å². The molecule has 1 aromatic heterocycles. The van der Waals surface area contributed by atoms with Crippen LogP contribution in [0.2, 0.25) is 0 Å². The lowest BCUT2D eigenvalue weighted by Crippen LogP contribution is -2.22. The van der Waals surface area contributed by atoms with Gasteiger partial charge >= 0.3 is 0 Å². The molecule has 4 heteroatoms. The van der Waals surface area contributed by atoms with E-state index in [-0.39, 0.29) is 0 Å². The van der Waals surface area contributed by atoms with Crippen molar-refractivity contribution in [2.75, 3.05) is 19.8 Å². The fraction of sp³-hybridized carbons (Fsp3) is 0.750. The number of ether oxygens (including phenoxy) is 1. The summed E-state index contributed by atoms with van der Waals surface area (Å²) in [6.07, 6.45) is 4.13. The van der Waals surface area contributed by atoms with E-state index in [4.69, 9.17) is 4.74 Å². The number of aryl methyl sites for hydroxylation is 1. The van der Waals surface area contributed by atoms with E-state index < -0.39 is 0 Å². The Labute approximate surface area is 98.0 Å². The molecule has 92 valence electrons. The third kappa shape index (κ3) is 4.33. The first kappa shape index (κ1) is 13.2. The van der Waals surface area contributed by atoms with Crippen LogP contribution in [0.3, 0.4) is 0 Å². The minimum atomic E-state index is 0.353. The molecule has 0 saturated heterocycles. The summed E-state index contributed by atoms with van der Waals surface area (Å²) in [4.78, 5) is 0. The summed E-state index contributed by atoms with van der Waals surface area (Å²) in [7, 11) is 1.95. The van der Waals surface area contributed by atoms with Gasteiger partial charge in [0, 0.05) is 26.5 Å². The molecule has 0 aliphatic rings. The maximum atomic E-state index is 5.35. The molecule has 4 nitrogen and oxygen atoms in total. The predicted molar refractivity (Wildman–Crippen MR) is 65.4 cm³/mol. The van der Waals surface area contributed by atoms with E-state index in [2.05, 4.69) is 23.4 Å². The summed E-state index contributed by atoms with van der Waals surface area (Å²) in [5.41, 5.74) is 1.13. The molecule has 0 bridgehead atoms. The number of nitrogens with one attached hydrogen (secondary N) is 1. The van der Waals surface area contributed by atoms with Gasteiger partial charge in [-0.05, 0) is 32.4 Å². The average molecular weight is 225 g/mol. The molecule has 0 aromatic carbocycles. The first-order valence-electron chi connectivity index (χ1n) is 6.08. The molecule has 0 saturated carbocycles. The third-order valence-corrected chi connectivity index (χ3v) is 2.53. The summed E-state index contributed by atoms with van der Waals surface area (Å²) in [5, 5.41) is 7.90. The van der Waals surface area contributed by atoms with E-state index in [1.165, 1.54) is 0 Å². The molecule has 0 amide bonds. The summed E-state index contributed by atoms with van der Waals surface area (Å²) in [5.74, 6) is 0. The molecule has 1 heterocycles. The second-order valence-corrected chi connectivity index (χ2v) is 3.86. The van der Waals surface area contributed by atoms with E-state index in [1.807, 2.05) is 24.9 Å². The fourth-order valence-corrected chi connectivity index (χ4v) is 1.75. The van der Waals surface area contributed by atoms with Crippen LogP contribution >= 0.6 is 0 Å². The highest BCUT2D eigenvalue weighted by atomic mass is 16.5. The van der Waals surface area contributed by atoms with Gasteiger partial charge in [0.15, 0.2) is 0 Å². The Balaban J connectivity index is 2.41. The topological polar surface area (TPSA) is 39.1 Å². The summed E-state index contributed by atoms with van der Waals surface area (Å²) < 4.78 is 7.20. The van der Waals surface area contributed by atoms with E-state index in [0.717, 1.165) is 38.3 Å². The zero-order chi connectivity index (χ0) is 11.8. The monoisotopic (exact) mass is 225 g/mol. The minimum absolute atomic E-state index is 0.353. The maximum Gasteiger partial charge on any atom is 0.0793 e. The van der Waals surface area contributed by atoms with Gasteiger partial charge in [0.2, 0.25) is 0 Å². The third-order valence-electron chi connectivity index (χ3n) is 2.53. The Morgan fingerprint density at radius 2 is 2.31 bits per heavy atom. The molecule has 1 rings (SSSR count). The molecule has 0 aliphatic carbocycles. The van der Waals surface area contributed by atoms with Gasteiger partial charge in [-0.15, -0.1) is 0 Å². The highest BCUT2D eigenvalue weighted by Crippen LogP contribution is 2.16. The highest BCUT2D eigenvalue weighted by molar-refractivity contribution is 5.05. The molecule has 1 unspecified atom stereocenters. The molecule has 0 spiro atoms. The van der Waals surface area contributed by atoms with Crippen LogP contribution in [0.25, 0.3) is 0 Å². The highest BCUT2D eigenvalue weighted by Gasteiger charge is 2.12. The molecule has 0 aliphatic heterocycles. The van der Waals surface area contributed by atoms with Crippen molar-refractivity contribution in [1.29, 1.82) is 0 Å². The number of aromatic nitrogens is 2. The number of rotatable bonds is 8. The van der Waals surface area contributed by atoms with Crippen LogP contribution in [0.4, 0.5) is 0 Å². The van der Waals surface area contributed by atoms with Crippen molar-refractivity contribution in [3.05, 3.63) is 18.0 Å². The zero-order valence-electron chi connectivity index (χ0n) is 10.6. The van der Waals surface area contributed by atoms with E-state index >= 15 is 0 Å². The smallest absolute Gasteiger partial charge is 0.0793 e. The van der Waals surface area contributed by atoms with Gasteiger partial charge in [-0.1, -0.05) is 6.92 Å². The lowest BCUT2D eigenvalue weighted by atomic mass is 10.1. The lowest BCUT2D eigenvalue weighted by molar-refractivity contribution is 0.140. The molecule has 1 atom stereocenters. The normalized spacial score (nSPS) is 12.9. The van der Waals surface area contributed by atoms with Crippen LogP contribution in [0.5, 0.6) is 0 Å². The quantitative estimate of drug-likeness (QED) is 0.687. The largest absolute Gasteiger partial charge is 0.382 e. The fourth-order valence-electron chi connectivity index (χ4n) is 1.75. The van der Waals surface area contributed by atoms with Crippen molar-refractivity contribution in [2.45, 2.75) is 32.7 Å². The molecule has 0 fully saturated rings. The van der Waals surface area contributed by atoms with Crippen molar-refractivity contribution in [3.8, 4) is 0 Å². The van der Waals surface area contributed by atoms with Crippen molar-refractivity contribution >= 4 is 0 Å². The van der Waals surface area contributed by atoms with Crippen LogP contribution in [-0.4, -0.2) is 29.5 Å². The molecule has 0 radical (unpaired) electrons. The van der Waals surface area contributed by atoms with Crippen LogP contribution in [0.15, 0.2) is 12.3 Å². The molecule has 1 N–H and O–H groups in total. The van der Waals surface area contributed by atoms with Gasteiger partial charge in [0.05, 0.1) is 11.7 Å². The van der Waals surface area contributed by atoms with E-state index in [1.54, 1.807) is 0 Å². The van der Waals surface area contributed by atoms with Crippen LogP contribution in [0.1, 0.15) is 38.4 Å². The average Bonchev–Trinajstić information content (AvgIpc) is 2.69. The Bertz CT molecular complexity index is 286. The minimum Gasteiger partial charge on any atom is -0.382 e. The van der Waals surface area contributed by atoms with Gasteiger partial charge < -0.3 is 10.1 Å². The number of hydrogen-bond donors (Lipinski definition) is 1. The SMILES string of the molecule is CCNC(CCCOCC)c1ccn(C)n1. The van der Waals surface area contributed by atoms with Crippen LogP contribution in [-0.2, 0) is 11.8 Å². The van der Waals surface area contributed by atoms with Crippen LogP contribution in [0, 0.1) is 0 Å². The second kappa shape index (κ2) is 7.41. The zero-order valence-corrected chi connectivity index (χ0v) is 10.6. The van der Waals surface area contributed by atoms with Gasteiger partial charge in [-0.3, -0.25) is 4.68 Å². The lowest BCUT2D eigenvalue weighted by Gasteiger charge is -2.15. The summed E-state index contributed by atoms with van der Waals surface area (Å²) >= 11 is 0. The number of nitrogens with zero attached hydrogens (tertiary/aromatic N) is 2. The van der Waals surface area contributed by atoms with Gasteiger partial charge in [0.25, 0.3) is 0 Å². The van der Waals surface area contributed by atoms with Crippen molar-refractivity contribution < 1.29 is 4.74 Å². The Hall–Kier alpha value is -0.870. The van der Waals surface area contributed by atoms with Crippen LogP contribution < -0.4 is 5.32 Å².